The first-order chi connectivity index (χ1) is 12.0. The third kappa shape index (κ3) is 3.17. The number of H-pyrrole nitrogens is 2. The number of methoxy groups -OCH3 is 1. The molecule has 10 heteroatoms. The molecule has 3 rings (SSSR count). The number of hydrogen-bond acceptors (Lipinski definition) is 7. The molecule has 128 valence electrons. The predicted molar refractivity (Wildman–Crippen MR) is 87.6 cm³/mol. The van der Waals surface area contributed by atoms with Gasteiger partial charge in [-0.3, -0.25) is 14.6 Å². The molecule has 1 amide bonds. The van der Waals surface area contributed by atoms with Gasteiger partial charge in [-0.25, -0.2) is 0 Å². The van der Waals surface area contributed by atoms with Crippen molar-refractivity contribution >= 4 is 11.6 Å². The van der Waals surface area contributed by atoms with Gasteiger partial charge in [0.1, 0.15) is 5.69 Å². The van der Waals surface area contributed by atoms with Gasteiger partial charge < -0.3 is 15.2 Å². The third-order valence-electron chi connectivity index (χ3n) is 3.44. The van der Waals surface area contributed by atoms with Crippen LogP contribution in [0.15, 0.2) is 29.1 Å². The van der Waals surface area contributed by atoms with E-state index in [1.807, 2.05) is 6.92 Å². The summed E-state index contributed by atoms with van der Waals surface area (Å²) in [5.74, 6) is -1.51. The summed E-state index contributed by atoms with van der Waals surface area (Å²) < 4.78 is 4.72. The number of ether oxygens (including phenoxy) is 1. The third-order valence-corrected chi connectivity index (χ3v) is 3.44. The molecule has 0 aliphatic carbocycles. The van der Waals surface area contributed by atoms with E-state index in [0.29, 0.717) is 11.4 Å². The van der Waals surface area contributed by atoms with E-state index in [2.05, 4.69) is 30.7 Å². The van der Waals surface area contributed by atoms with E-state index >= 15 is 0 Å². The van der Waals surface area contributed by atoms with Crippen LogP contribution in [0.3, 0.4) is 0 Å². The molecular formula is C15H14N6O4. The monoisotopic (exact) mass is 342 g/mol. The fraction of sp³-hybridized carbons (Fsp3) is 0.133. The molecule has 4 N–H and O–H groups in total. The Morgan fingerprint density at radius 3 is 2.52 bits per heavy atom. The molecule has 0 fully saturated rings. The second-order valence-electron chi connectivity index (χ2n) is 5.06. The smallest absolute Gasteiger partial charge is 0.299 e. The molecule has 0 aliphatic heterocycles. The number of aromatic hydroxyl groups is 1. The number of benzene rings is 1. The number of amides is 1. The largest absolute Gasteiger partial charge is 0.492 e. The van der Waals surface area contributed by atoms with Crippen molar-refractivity contribution in [2.45, 2.75) is 6.92 Å². The van der Waals surface area contributed by atoms with Gasteiger partial charge in [-0.1, -0.05) is 12.1 Å². The van der Waals surface area contributed by atoms with Crippen molar-refractivity contribution in [3.63, 3.8) is 0 Å². The number of carbonyl (C=O) groups is 1. The molecule has 25 heavy (non-hydrogen) atoms. The number of aryl methyl sites for hydroxylation is 1. The van der Waals surface area contributed by atoms with E-state index in [1.54, 1.807) is 24.3 Å². The maximum Gasteiger partial charge on any atom is 0.299 e. The first-order valence-corrected chi connectivity index (χ1v) is 7.16. The number of hydrogen-bond donors (Lipinski definition) is 4. The van der Waals surface area contributed by atoms with Crippen molar-refractivity contribution in [3.05, 3.63) is 45.9 Å². The number of carbonyl (C=O) groups excluding carboxylic acids is 1. The van der Waals surface area contributed by atoms with E-state index in [1.165, 1.54) is 7.11 Å². The van der Waals surface area contributed by atoms with Crippen molar-refractivity contribution in [1.29, 1.82) is 0 Å². The number of anilines is 1. The summed E-state index contributed by atoms with van der Waals surface area (Å²) >= 11 is 0. The van der Waals surface area contributed by atoms with Gasteiger partial charge in [0, 0.05) is 11.3 Å². The molecule has 0 spiro atoms. The van der Waals surface area contributed by atoms with E-state index in [9.17, 15) is 14.7 Å². The van der Waals surface area contributed by atoms with Crippen molar-refractivity contribution in [1.82, 2.24) is 25.4 Å². The highest BCUT2D eigenvalue weighted by Gasteiger charge is 2.19. The molecule has 2 heterocycles. The van der Waals surface area contributed by atoms with Crippen LogP contribution in [-0.2, 0) is 0 Å². The minimum absolute atomic E-state index is 0.189. The van der Waals surface area contributed by atoms with Crippen LogP contribution in [0.4, 0.5) is 5.69 Å². The van der Waals surface area contributed by atoms with Crippen molar-refractivity contribution < 1.29 is 14.6 Å². The molecule has 0 saturated carbocycles. The summed E-state index contributed by atoms with van der Waals surface area (Å²) in [6.07, 6.45) is 0. The average Bonchev–Trinajstić information content (AvgIpc) is 3.01. The lowest BCUT2D eigenvalue weighted by atomic mass is 10.1. The molecule has 10 nitrogen and oxygen atoms in total. The van der Waals surface area contributed by atoms with E-state index in [4.69, 9.17) is 4.74 Å². The van der Waals surface area contributed by atoms with Gasteiger partial charge in [-0.2, -0.15) is 20.4 Å². The lowest BCUT2D eigenvalue weighted by molar-refractivity contribution is 0.102. The van der Waals surface area contributed by atoms with Gasteiger partial charge >= 0.3 is 0 Å². The van der Waals surface area contributed by atoms with Gasteiger partial charge in [0.2, 0.25) is 5.88 Å². The molecule has 1 aromatic carbocycles. The summed E-state index contributed by atoms with van der Waals surface area (Å²) in [5.41, 5.74) is 1.39. The highest BCUT2D eigenvalue weighted by atomic mass is 16.5. The number of aromatic nitrogens is 5. The van der Waals surface area contributed by atoms with Crippen molar-refractivity contribution in [2.24, 2.45) is 0 Å². The van der Waals surface area contributed by atoms with Crippen LogP contribution in [0.2, 0.25) is 0 Å². The second-order valence-corrected chi connectivity index (χ2v) is 5.06. The second kappa shape index (κ2) is 6.43. The Balaban J connectivity index is 1.82. The summed E-state index contributed by atoms with van der Waals surface area (Å²) in [4.78, 5) is 29.9. The minimum atomic E-state index is -0.809. The Labute approximate surface area is 140 Å². The Morgan fingerprint density at radius 2 is 1.96 bits per heavy atom. The molecule has 0 unspecified atom stereocenters. The summed E-state index contributed by atoms with van der Waals surface area (Å²) in [6, 6.07) is 6.59. The molecule has 0 atom stereocenters. The fourth-order valence-electron chi connectivity index (χ4n) is 2.20. The standard InChI is InChI=1S/C15H14N6O4/c1-7-11(20-21-19-7)8-3-5-9(6-4-8)16-12(22)10-13(23)17-15(25-2)18-14(10)24/h3-6H,1-2H3,(H,16,22)(H,19,20,21)(H2,17,18,23,24). The van der Waals surface area contributed by atoms with E-state index < -0.39 is 22.9 Å². The average molecular weight is 342 g/mol. The summed E-state index contributed by atoms with van der Waals surface area (Å²) in [6.45, 7) is 1.82. The zero-order valence-corrected chi connectivity index (χ0v) is 13.3. The van der Waals surface area contributed by atoms with Gasteiger partial charge in [0.05, 0.1) is 12.8 Å². The minimum Gasteiger partial charge on any atom is -0.492 e. The number of rotatable bonds is 4. The zero-order valence-electron chi connectivity index (χ0n) is 13.3. The normalized spacial score (nSPS) is 10.5. The molecule has 0 radical (unpaired) electrons. The van der Waals surface area contributed by atoms with E-state index in [0.717, 1.165) is 11.3 Å². The number of aromatic amines is 2. The molecule has 0 saturated heterocycles. The van der Waals surface area contributed by atoms with Gasteiger partial charge in [0.25, 0.3) is 17.5 Å². The Bertz CT molecular complexity index is 976. The first kappa shape index (κ1) is 16.2. The maximum absolute atomic E-state index is 12.2. The first-order valence-electron chi connectivity index (χ1n) is 7.16. The maximum atomic E-state index is 12.2. The number of nitrogens with one attached hydrogen (secondary N) is 3. The Morgan fingerprint density at radius 1 is 1.24 bits per heavy atom. The summed E-state index contributed by atoms with van der Waals surface area (Å²) in [5, 5.41) is 22.8. The predicted octanol–water partition coefficient (Wildman–Crippen LogP) is 0.830. The lowest BCUT2D eigenvalue weighted by Crippen LogP contribution is -2.24. The van der Waals surface area contributed by atoms with E-state index in [-0.39, 0.29) is 6.01 Å². The van der Waals surface area contributed by atoms with Crippen LogP contribution in [0.5, 0.6) is 11.9 Å². The van der Waals surface area contributed by atoms with Crippen LogP contribution < -0.4 is 15.6 Å². The van der Waals surface area contributed by atoms with Crippen molar-refractivity contribution in [3.8, 4) is 23.1 Å². The highest BCUT2D eigenvalue weighted by molar-refractivity contribution is 6.05. The van der Waals surface area contributed by atoms with Crippen LogP contribution in [0.1, 0.15) is 16.1 Å². The number of nitrogens with zero attached hydrogens (tertiary/aromatic N) is 3. The molecule has 2 aromatic heterocycles. The molecular weight excluding hydrogens is 328 g/mol. The van der Waals surface area contributed by atoms with Crippen LogP contribution in [0, 0.1) is 6.92 Å². The molecule has 0 bridgehead atoms. The van der Waals surface area contributed by atoms with Crippen molar-refractivity contribution in [2.75, 3.05) is 12.4 Å². The quantitative estimate of drug-likeness (QED) is 0.549. The van der Waals surface area contributed by atoms with Crippen LogP contribution >= 0.6 is 0 Å². The molecule has 3 aromatic rings. The lowest BCUT2D eigenvalue weighted by Gasteiger charge is -2.07. The Hall–Kier alpha value is -3.69. The van der Waals surface area contributed by atoms with Gasteiger partial charge in [-0.05, 0) is 19.1 Å². The van der Waals surface area contributed by atoms with Gasteiger partial charge in [0.15, 0.2) is 5.56 Å². The highest BCUT2D eigenvalue weighted by Crippen LogP contribution is 2.22. The SMILES string of the molecule is COc1nc(O)c(C(=O)Nc2ccc(-c3n[nH]nc3C)cc2)c(=O)[nH]1. The Kier molecular flexibility index (Phi) is 4.16. The van der Waals surface area contributed by atoms with Gasteiger partial charge in [-0.15, -0.1) is 0 Å². The van der Waals surface area contributed by atoms with Crippen LogP contribution in [0.25, 0.3) is 11.3 Å². The topological polar surface area (TPSA) is 146 Å². The van der Waals surface area contributed by atoms with Crippen LogP contribution in [-0.4, -0.2) is 43.5 Å². The zero-order chi connectivity index (χ0) is 18.0. The molecule has 0 aliphatic rings. The fourth-order valence-corrected chi connectivity index (χ4v) is 2.20. The summed E-state index contributed by atoms with van der Waals surface area (Å²) in [7, 11) is 1.27.